The fraction of sp³-hybridized carbons (Fsp3) is 0.706. The van der Waals surface area contributed by atoms with Gasteiger partial charge in [0.1, 0.15) is 12.3 Å². The van der Waals surface area contributed by atoms with Crippen LogP contribution in [0.4, 0.5) is 4.39 Å². The number of nitrogens with zero attached hydrogens (tertiary/aromatic N) is 1. The summed E-state index contributed by atoms with van der Waals surface area (Å²) in [6, 6.07) is 0. The van der Waals surface area contributed by atoms with Crippen molar-refractivity contribution in [2.45, 2.75) is 51.4 Å². The molecule has 110 valence electrons. The maximum atomic E-state index is 13.9. The number of halogens is 1. The Balaban J connectivity index is 1.84. The molecule has 0 aromatic heterocycles. The van der Waals surface area contributed by atoms with Gasteiger partial charge in [-0.25, -0.2) is 4.39 Å². The molecule has 20 heavy (non-hydrogen) atoms. The SMILES string of the molecule is C#CC1C=C[C@@H]([C@H]2N=C[C@@H](CCCCC)CN2)C[C@H]1F. The molecule has 1 aliphatic carbocycles. The highest BCUT2D eigenvalue weighted by Crippen LogP contribution is 2.28. The van der Waals surface area contributed by atoms with Crippen molar-refractivity contribution in [1.29, 1.82) is 0 Å². The summed E-state index contributed by atoms with van der Waals surface area (Å²) in [5, 5.41) is 3.45. The van der Waals surface area contributed by atoms with E-state index in [9.17, 15) is 4.39 Å². The molecule has 2 aliphatic rings. The number of allylic oxidation sites excluding steroid dienone is 1. The van der Waals surface area contributed by atoms with Gasteiger partial charge < -0.3 is 0 Å². The lowest BCUT2D eigenvalue weighted by atomic mass is 9.85. The van der Waals surface area contributed by atoms with Crippen molar-refractivity contribution < 1.29 is 4.39 Å². The van der Waals surface area contributed by atoms with E-state index in [0.717, 1.165) is 6.54 Å². The lowest BCUT2D eigenvalue weighted by Crippen LogP contribution is -2.43. The second-order valence-corrected chi connectivity index (χ2v) is 5.90. The predicted molar refractivity (Wildman–Crippen MR) is 82.4 cm³/mol. The summed E-state index contributed by atoms with van der Waals surface area (Å²) in [5.41, 5.74) is 0. The van der Waals surface area contributed by atoms with E-state index >= 15 is 0 Å². The van der Waals surface area contributed by atoms with Crippen LogP contribution in [0, 0.1) is 30.1 Å². The van der Waals surface area contributed by atoms with Crippen molar-refractivity contribution in [3.63, 3.8) is 0 Å². The van der Waals surface area contributed by atoms with Gasteiger partial charge >= 0.3 is 0 Å². The van der Waals surface area contributed by atoms with Gasteiger partial charge in [0, 0.05) is 24.6 Å². The fourth-order valence-electron chi connectivity index (χ4n) is 2.95. The Kier molecular flexibility index (Phi) is 5.79. The molecule has 1 N–H and O–H groups in total. The summed E-state index contributed by atoms with van der Waals surface area (Å²) in [6.07, 6.45) is 15.8. The van der Waals surface area contributed by atoms with Gasteiger partial charge in [-0.05, 0) is 12.8 Å². The standard InChI is InChI=1S/C17H25FN2/c1-3-5-6-7-13-11-19-17(20-12-13)15-9-8-14(4-2)16(18)10-15/h2,8-9,11,13-17,20H,3,5-7,10,12H2,1H3/t13-,14?,15-,16-,17+/m1/s1. The van der Waals surface area contributed by atoms with E-state index in [2.05, 4.69) is 29.4 Å². The minimum Gasteiger partial charge on any atom is -0.295 e. The van der Waals surface area contributed by atoms with Crippen LogP contribution in [0.2, 0.25) is 0 Å². The highest BCUT2D eigenvalue weighted by atomic mass is 19.1. The van der Waals surface area contributed by atoms with Gasteiger partial charge in [0.15, 0.2) is 0 Å². The molecule has 3 heteroatoms. The third-order valence-electron chi connectivity index (χ3n) is 4.28. The highest BCUT2D eigenvalue weighted by Gasteiger charge is 2.30. The van der Waals surface area contributed by atoms with Gasteiger partial charge in [-0.1, -0.05) is 44.3 Å². The molecule has 0 bridgehead atoms. The molecule has 1 unspecified atom stereocenters. The Bertz CT molecular complexity index is 396. The van der Waals surface area contributed by atoms with Gasteiger partial charge in [-0.3, -0.25) is 10.3 Å². The summed E-state index contributed by atoms with van der Waals surface area (Å²) in [6.45, 7) is 3.17. The smallest absolute Gasteiger partial charge is 0.118 e. The van der Waals surface area contributed by atoms with Crippen LogP contribution < -0.4 is 5.32 Å². The summed E-state index contributed by atoms with van der Waals surface area (Å²) in [5.74, 6) is 2.79. The fourth-order valence-corrected chi connectivity index (χ4v) is 2.95. The first-order valence-corrected chi connectivity index (χ1v) is 7.79. The van der Waals surface area contributed by atoms with E-state index in [1.54, 1.807) is 0 Å². The van der Waals surface area contributed by atoms with Crippen LogP contribution in [0.1, 0.15) is 39.0 Å². The Morgan fingerprint density at radius 2 is 2.25 bits per heavy atom. The van der Waals surface area contributed by atoms with Crippen LogP contribution in [-0.4, -0.2) is 25.1 Å². The number of rotatable bonds is 5. The van der Waals surface area contributed by atoms with Gasteiger partial charge in [0.05, 0.1) is 5.92 Å². The molecule has 5 atom stereocenters. The third-order valence-corrected chi connectivity index (χ3v) is 4.28. The Morgan fingerprint density at radius 1 is 1.40 bits per heavy atom. The molecule has 0 fully saturated rings. The van der Waals surface area contributed by atoms with Gasteiger partial charge in [0.25, 0.3) is 0 Å². The van der Waals surface area contributed by atoms with Crippen molar-refractivity contribution in [3.05, 3.63) is 12.2 Å². The number of terminal acetylenes is 1. The number of hydrogen-bond donors (Lipinski definition) is 1. The van der Waals surface area contributed by atoms with Crippen LogP contribution in [0.15, 0.2) is 17.1 Å². The quantitative estimate of drug-likeness (QED) is 0.465. The second-order valence-electron chi connectivity index (χ2n) is 5.90. The lowest BCUT2D eigenvalue weighted by Gasteiger charge is -2.32. The lowest BCUT2D eigenvalue weighted by molar-refractivity contribution is 0.218. The minimum atomic E-state index is -0.936. The van der Waals surface area contributed by atoms with Gasteiger partial charge in [-0.2, -0.15) is 0 Å². The Morgan fingerprint density at radius 3 is 2.85 bits per heavy atom. The summed E-state index contributed by atoms with van der Waals surface area (Å²) >= 11 is 0. The number of nitrogens with one attached hydrogen (secondary N) is 1. The first-order chi connectivity index (χ1) is 9.74. The van der Waals surface area contributed by atoms with Crippen molar-refractivity contribution >= 4 is 6.21 Å². The molecule has 2 nitrogen and oxygen atoms in total. The van der Waals surface area contributed by atoms with Crippen LogP contribution in [0.25, 0.3) is 0 Å². The maximum absolute atomic E-state index is 13.9. The normalized spacial score (nSPS) is 36.8. The van der Waals surface area contributed by atoms with Crippen molar-refractivity contribution in [1.82, 2.24) is 5.32 Å². The van der Waals surface area contributed by atoms with E-state index in [1.807, 2.05) is 12.2 Å². The van der Waals surface area contributed by atoms with E-state index in [0.29, 0.717) is 12.3 Å². The molecule has 1 heterocycles. The minimum absolute atomic E-state index is 0.0191. The predicted octanol–water partition coefficient (Wildman–Crippen LogP) is 3.35. The molecule has 1 aliphatic heterocycles. The zero-order valence-corrected chi connectivity index (χ0v) is 12.3. The van der Waals surface area contributed by atoms with E-state index in [1.165, 1.54) is 25.7 Å². The molecule has 0 saturated heterocycles. The van der Waals surface area contributed by atoms with Crippen LogP contribution >= 0.6 is 0 Å². The first kappa shape index (κ1) is 15.3. The zero-order valence-electron chi connectivity index (χ0n) is 12.3. The summed E-state index contributed by atoms with van der Waals surface area (Å²) in [7, 11) is 0. The number of hydrogen-bond acceptors (Lipinski definition) is 2. The van der Waals surface area contributed by atoms with E-state index in [-0.39, 0.29) is 18.0 Å². The van der Waals surface area contributed by atoms with Crippen molar-refractivity contribution in [3.8, 4) is 12.3 Å². The van der Waals surface area contributed by atoms with Crippen LogP contribution in [0.5, 0.6) is 0 Å². The van der Waals surface area contributed by atoms with Crippen LogP contribution in [-0.2, 0) is 0 Å². The zero-order chi connectivity index (χ0) is 14.4. The highest BCUT2D eigenvalue weighted by molar-refractivity contribution is 5.62. The molecular formula is C17H25FN2. The third kappa shape index (κ3) is 3.93. The van der Waals surface area contributed by atoms with E-state index < -0.39 is 6.17 Å². The summed E-state index contributed by atoms with van der Waals surface area (Å²) < 4.78 is 13.9. The molecule has 0 saturated carbocycles. The van der Waals surface area contributed by atoms with Crippen LogP contribution in [0.3, 0.4) is 0 Å². The monoisotopic (exact) mass is 276 g/mol. The largest absolute Gasteiger partial charge is 0.295 e. The molecule has 2 rings (SSSR count). The number of unbranched alkanes of at least 4 members (excludes halogenated alkanes) is 2. The first-order valence-electron chi connectivity index (χ1n) is 7.79. The van der Waals surface area contributed by atoms with E-state index in [4.69, 9.17) is 6.42 Å². The Hall–Kier alpha value is -1.14. The Labute approximate surface area is 121 Å². The average molecular weight is 276 g/mol. The molecule has 0 amide bonds. The second kappa shape index (κ2) is 7.59. The molecule has 0 spiro atoms. The number of alkyl halides is 1. The average Bonchev–Trinajstić information content (AvgIpc) is 2.48. The van der Waals surface area contributed by atoms with Crippen molar-refractivity contribution in [2.75, 3.05) is 6.54 Å². The van der Waals surface area contributed by atoms with Gasteiger partial charge in [0.2, 0.25) is 0 Å². The molecule has 0 aromatic rings. The topological polar surface area (TPSA) is 24.4 Å². The molecule has 0 radical (unpaired) electrons. The molecular weight excluding hydrogens is 251 g/mol. The van der Waals surface area contributed by atoms with Crippen molar-refractivity contribution in [2.24, 2.45) is 22.7 Å². The molecule has 0 aromatic carbocycles. The summed E-state index contributed by atoms with van der Waals surface area (Å²) in [4.78, 5) is 4.59. The number of aliphatic imine (C=N–C) groups is 1. The maximum Gasteiger partial charge on any atom is 0.118 e. The van der Waals surface area contributed by atoms with Gasteiger partial charge in [-0.15, -0.1) is 6.42 Å².